The van der Waals surface area contributed by atoms with Gasteiger partial charge < -0.3 is 0 Å². The van der Waals surface area contributed by atoms with E-state index in [0.29, 0.717) is 12.8 Å². The quantitative estimate of drug-likeness (QED) is 0.267. The predicted molar refractivity (Wildman–Crippen MR) is 93.3 cm³/mol. The molecule has 0 saturated carbocycles. The first kappa shape index (κ1) is 21.5. The molecule has 8 heteroatoms. The van der Waals surface area contributed by atoms with E-state index in [1.807, 2.05) is 41.5 Å². The van der Waals surface area contributed by atoms with E-state index in [1.165, 1.54) is 0 Å². The van der Waals surface area contributed by atoms with E-state index in [-0.39, 0.29) is 20.1 Å². The van der Waals surface area contributed by atoms with Crippen LogP contribution >= 0.6 is 46.4 Å². The van der Waals surface area contributed by atoms with Gasteiger partial charge in [-0.3, -0.25) is 0 Å². The molecule has 0 aromatic carbocycles. The van der Waals surface area contributed by atoms with Crippen LogP contribution in [-0.4, -0.2) is 17.0 Å². The number of hydrogen-bond acceptors (Lipinski definition) is 4. The maximum absolute atomic E-state index is 6.25. The minimum absolute atomic E-state index is 0.0224. The van der Waals surface area contributed by atoms with Crippen molar-refractivity contribution in [3.63, 3.8) is 0 Å². The van der Waals surface area contributed by atoms with Gasteiger partial charge in [0, 0.05) is 0 Å². The highest BCUT2D eigenvalue weighted by Gasteiger charge is 2.53. The second-order valence-corrected chi connectivity index (χ2v) is 7.94. The van der Waals surface area contributed by atoms with Crippen molar-refractivity contribution in [2.24, 2.45) is 0 Å². The first-order valence-electron chi connectivity index (χ1n) is 7.28. The Labute approximate surface area is 157 Å². The molecule has 0 saturated heterocycles. The summed E-state index contributed by atoms with van der Waals surface area (Å²) in [5.74, 6) is -1.85. The summed E-state index contributed by atoms with van der Waals surface area (Å²) < 4.78 is 0. The summed E-state index contributed by atoms with van der Waals surface area (Å²) in [7, 11) is 0. The van der Waals surface area contributed by atoms with Crippen molar-refractivity contribution in [3.05, 3.63) is 20.1 Å². The maximum Gasteiger partial charge on any atom is 0.307 e. The van der Waals surface area contributed by atoms with E-state index in [0.717, 1.165) is 0 Å². The van der Waals surface area contributed by atoms with Crippen LogP contribution in [0.25, 0.3) is 0 Å². The Morgan fingerprint density at radius 2 is 1.04 bits per heavy atom. The van der Waals surface area contributed by atoms with Crippen molar-refractivity contribution in [2.75, 3.05) is 0 Å². The van der Waals surface area contributed by atoms with E-state index in [2.05, 4.69) is 0 Å². The maximum atomic E-state index is 6.25. The van der Waals surface area contributed by atoms with Gasteiger partial charge in [0.2, 0.25) is 0 Å². The monoisotopic (exact) mass is 406 g/mol. The average molecular weight is 408 g/mol. The minimum atomic E-state index is -1.85. The van der Waals surface area contributed by atoms with E-state index >= 15 is 0 Å². The summed E-state index contributed by atoms with van der Waals surface area (Å²) >= 11 is 24.6. The Kier molecular flexibility index (Phi) is 7.29. The molecule has 0 radical (unpaired) electrons. The number of hydrogen-bond donors (Lipinski definition) is 0. The topological polar surface area (TPSA) is 36.9 Å². The van der Waals surface area contributed by atoms with Gasteiger partial charge in [0.15, 0.2) is 0 Å². The SMILES string of the molecule is CCC(C)(C)OOC1(OOC(C)(C)CC)C(Cl)=C(Cl)C(Cl)=C1Cl. The van der Waals surface area contributed by atoms with Gasteiger partial charge in [0.25, 0.3) is 0 Å². The molecule has 0 aromatic heterocycles. The Morgan fingerprint density at radius 1 is 0.739 bits per heavy atom. The lowest BCUT2D eigenvalue weighted by atomic mass is 10.1. The van der Waals surface area contributed by atoms with E-state index in [1.54, 1.807) is 0 Å². The van der Waals surface area contributed by atoms with Crippen molar-refractivity contribution in [3.8, 4) is 0 Å². The molecule has 1 rings (SSSR count). The van der Waals surface area contributed by atoms with Gasteiger partial charge in [-0.05, 0) is 40.5 Å². The Balaban J connectivity index is 3.13. The van der Waals surface area contributed by atoms with Crippen LogP contribution in [0.5, 0.6) is 0 Å². The molecule has 0 bridgehead atoms. The molecule has 0 heterocycles. The molecular weight excluding hydrogens is 386 g/mol. The molecule has 0 unspecified atom stereocenters. The van der Waals surface area contributed by atoms with Crippen molar-refractivity contribution in [1.29, 1.82) is 0 Å². The van der Waals surface area contributed by atoms with Gasteiger partial charge in [-0.2, -0.15) is 9.78 Å². The Bertz CT molecular complexity index is 466. The lowest BCUT2D eigenvalue weighted by molar-refractivity contribution is -0.517. The lowest BCUT2D eigenvalue weighted by Gasteiger charge is -2.34. The van der Waals surface area contributed by atoms with Gasteiger partial charge in [-0.25, -0.2) is 9.78 Å². The van der Waals surface area contributed by atoms with Crippen LogP contribution in [-0.2, 0) is 19.6 Å². The highest BCUT2D eigenvalue weighted by atomic mass is 35.5. The average Bonchev–Trinajstić information content (AvgIpc) is 2.67. The van der Waals surface area contributed by atoms with Gasteiger partial charge in [-0.1, -0.05) is 60.3 Å². The summed E-state index contributed by atoms with van der Waals surface area (Å²) in [5.41, 5.74) is -1.21. The van der Waals surface area contributed by atoms with Crippen LogP contribution in [0.2, 0.25) is 0 Å². The lowest BCUT2D eigenvalue weighted by Crippen LogP contribution is -2.42. The largest absolute Gasteiger partial charge is 0.307 e. The third-order valence-electron chi connectivity index (χ3n) is 3.63. The first-order valence-corrected chi connectivity index (χ1v) is 8.79. The zero-order valence-electron chi connectivity index (χ0n) is 14.1. The Morgan fingerprint density at radius 3 is 1.30 bits per heavy atom. The highest BCUT2D eigenvalue weighted by molar-refractivity contribution is 6.53. The van der Waals surface area contributed by atoms with Crippen molar-refractivity contribution < 1.29 is 19.6 Å². The summed E-state index contributed by atoms with van der Waals surface area (Å²) in [4.78, 5) is 21.8. The fourth-order valence-corrected chi connectivity index (χ4v) is 2.29. The molecule has 0 spiro atoms. The molecule has 0 N–H and O–H groups in total. The third-order valence-corrected chi connectivity index (χ3v) is 5.55. The molecule has 23 heavy (non-hydrogen) atoms. The predicted octanol–water partition coefficient (Wildman–Crippen LogP) is 6.35. The normalized spacial score (nSPS) is 19.0. The molecule has 0 fully saturated rings. The van der Waals surface area contributed by atoms with Gasteiger partial charge in [-0.15, -0.1) is 0 Å². The first-order chi connectivity index (χ1) is 10.4. The smallest absolute Gasteiger partial charge is 0.227 e. The zero-order chi connectivity index (χ0) is 18.1. The van der Waals surface area contributed by atoms with Crippen LogP contribution in [0.3, 0.4) is 0 Å². The zero-order valence-corrected chi connectivity index (χ0v) is 17.1. The van der Waals surface area contributed by atoms with Crippen molar-refractivity contribution in [2.45, 2.75) is 71.4 Å². The fourth-order valence-electron chi connectivity index (χ4n) is 1.20. The second-order valence-electron chi connectivity index (χ2n) is 6.43. The molecule has 4 nitrogen and oxygen atoms in total. The third kappa shape index (κ3) is 4.77. The number of halogens is 4. The van der Waals surface area contributed by atoms with E-state index in [9.17, 15) is 0 Å². The standard InChI is InChI=1S/C15H22Cl4O4/c1-7-13(3,4)20-22-15(23-21-14(5,6)8-2)11(18)9(16)10(17)12(15)19/h7-8H2,1-6H3. The van der Waals surface area contributed by atoms with Crippen molar-refractivity contribution >= 4 is 46.4 Å². The summed E-state index contributed by atoms with van der Waals surface area (Å²) in [6, 6.07) is 0. The van der Waals surface area contributed by atoms with E-state index in [4.69, 9.17) is 66.0 Å². The molecular formula is C15H22Cl4O4. The molecule has 0 aliphatic heterocycles. The minimum Gasteiger partial charge on any atom is -0.227 e. The van der Waals surface area contributed by atoms with Crippen molar-refractivity contribution in [1.82, 2.24) is 0 Å². The highest BCUT2D eigenvalue weighted by Crippen LogP contribution is 2.51. The molecule has 0 atom stereocenters. The van der Waals surface area contributed by atoms with Gasteiger partial charge in [0.1, 0.15) is 10.1 Å². The summed E-state index contributed by atoms with van der Waals surface area (Å²) in [6.07, 6.45) is 1.35. The van der Waals surface area contributed by atoms with Crippen LogP contribution in [0.15, 0.2) is 20.1 Å². The van der Waals surface area contributed by atoms with Crippen LogP contribution < -0.4 is 0 Å². The molecule has 1 aliphatic carbocycles. The number of allylic oxidation sites excluding steroid dienone is 2. The van der Waals surface area contributed by atoms with E-state index < -0.39 is 17.0 Å². The Hall–Kier alpha value is 0.480. The van der Waals surface area contributed by atoms with Crippen LogP contribution in [0.1, 0.15) is 54.4 Å². The molecule has 1 aliphatic rings. The molecule has 0 amide bonds. The van der Waals surface area contributed by atoms with Gasteiger partial charge in [0.05, 0.1) is 21.3 Å². The summed E-state index contributed by atoms with van der Waals surface area (Å²) in [5, 5.41) is -0.0794. The van der Waals surface area contributed by atoms with Crippen LogP contribution in [0, 0.1) is 0 Å². The van der Waals surface area contributed by atoms with Crippen LogP contribution in [0.4, 0.5) is 0 Å². The fraction of sp³-hybridized carbons (Fsp3) is 0.733. The molecule has 0 aromatic rings. The second kappa shape index (κ2) is 7.79. The van der Waals surface area contributed by atoms with Gasteiger partial charge >= 0.3 is 5.79 Å². The summed E-state index contributed by atoms with van der Waals surface area (Å²) in [6.45, 7) is 11.2. The molecule has 134 valence electrons. The number of rotatable bonds is 8.